The molecule has 0 heterocycles. The van der Waals surface area contributed by atoms with E-state index in [-0.39, 0.29) is 11.8 Å². The number of amides is 1. The molecule has 0 aliphatic heterocycles. The van der Waals surface area contributed by atoms with Gasteiger partial charge in [-0.25, -0.2) is 0 Å². The van der Waals surface area contributed by atoms with Gasteiger partial charge in [-0.1, -0.05) is 37.3 Å². The summed E-state index contributed by atoms with van der Waals surface area (Å²) >= 11 is 0. The number of para-hydroxylation sites is 1. The summed E-state index contributed by atoms with van der Waals surface area (Å²) in [6, 6.07) is 15.7. The molecule has 6 heteroatoms. The molecule has 2 aromatic rings. The molecule has 6 nitrogen and oxygen atoms in total. The van der Waals surface area contributed by atoms with Gasteiger partial charge in [-0.3, -0.25) is 9.79 Å². The quantitative estimate of drug-likeness (QED) is 0.485. The van der Waals surface area contributed by atoms with E-state index in [1.807, 2.05) is 42.5 Å². The third-order valence-electron chi connectivity index (χ3n) is 4.59. The Morgan fingerprint density at radius 3 is 2.64 bits per heavy atom. The third-order valence-corrected chi connectivity index (χ3v) is 4.59. The monoisotopic (exact) mass is 382 g/mol. The van der Waals surface area contributed by atoms with Crippen LogP contribution in [0.5, 0.6) is 5.75 Å². The summed E-state index contributed by atoms with van der Waals surface area (Å²) < 4.78 is 5.45. The van der Waals surface area contributed by atoms with E-state index in [9.17, 15) is 4.79 Å². The summed E-state index contributed by atoms with van der Waals surface area (Å²) in [7, 11) is 5.09. The van der Waals surface area contributed by atoms with Crippen molar-refractivity contribution < 1.29 is 9.53 Å². The Bertz CT molecular complexity index is 805. The van der Waals surface area contributed by atoms with E-state index in [2.05, 4.69) is 33.9 Å². The molecule has 1 unspecified atom stereocenters. The minimum Gasteiger partial charge on any atom is -0.496 e. The lowest BCUT2D eigenvalue weighted by atomic mass is 10.0. The van der Waals surface area contributed by atoms with Crippen LogP contribution in [0.25, 0.3) is 0 Å². The number of carbonyl (C=O) groups is 1. The van der Waals surface area contributed by atoms with Crippen LogP contribution in [0.3, 0.4) is 0 Å². The van der Waals surface area contributed by atoms with Crippen molar-refractivity contribution in [1.82, 2.24) is 16.0 Å². The predicted octanol–water partition coefficient (Wildman–Crippen LogP) is 2.57. The van der Waals surface area contributed by atoms with E-state index >= 15 is 0 Å². The lowest BCUT2D eigenvalue weighted by molar-refractivity contribution is 0.0963. The first-order chi connectivity index (χ1) is 13.6. The van der Waals surface area contributed by atoms with E-state index in [1.165, 1.54) is 5.56 Å². The number of aliphatic imine (C=N–C) groups is 1. The van der Waals surface area contributed by atoms with Crippen molar-refractivity contribution in [1.29, 1.82) is 0 Å². The van der Waals surface area contributed by atoms with Gasteiger partial charge in [0.1, 0.15) is 5.75 Å². The van der Waals surface area contributed by atoms with Gasteiger partial charge in [0, 0.05) is 38.7 Å². The topological polar surface area (TPSA) is 74.8 Å². The fourth-order valence-electron chi connectivity index (χ4n) is 2.99. The standard InChI is InChI=1S/C22H30N4O2/c1-16(19-10-5-6-11-20(19)28-4)15-26-22(24-3)25-13-12-17-8-7-9-18(14-17)21(27)23-2/h5-11,14,16H,12-13,15H2,1-4H3,(H,23,27)(H2,24,25,26). The van der Waals surface area contributed by atoms with Gasteiger partial charge in [-0.05, 0) is 35.7 Å². The molecule has 0 spiro atoms. The molecule has 2 aromatic carbocycles. The maximum absolute atomic E-state index is 11.7. The number of rotatable bonds is 8. The molecule has 1 atom stereocenters. The predicted molar refractivity (Wildman–Crippen MR) is 114 cm³/mol. The molecule has 0 bridgehead atoms. The molecule has 3 N–H and O–H groups in total. The molecule has 0 radical (unpaired) electrons. The average Bonchev–Trinajstić information content (AvgIpc) is 2.75. The highest BCUT2D eigenvalue weighted by atomic mass is 16.5. The summed E-state index contributed by atoms with van der Waals surface area (Å²) in [5.41, 5.74) is 2.94. The number of nitrogens with zero attached hydrogens (tertiary/aromatic N) is 1. The van der Waals surface area contributed by atoms with E-state index in [4.69, 9.17) is 4.74 Å². The molecule has 0 saturated heterocycles. The minimum absolute atomic E-state index is 0.0717. The number of nitrogens with one attached hydrogen (secondary N) is 3. The normalized spacial score (nSPS) is 12.2. The number of guanidine groups is 1. The van der Waals surface area contributed by atoms with Crippen LogP contribution in [0.2, 0.25) is 0 Å². The van der Waals surface area contributed by atoms with E-state index in [0.717, 1.165) is 36.8 Å². The summed E-state index contributed by atoms with van der Waals surface area (Å²) in [6.07, 6.45) is 0.799. The first-order valence-corrected chi connectivity index (χ1v) is 9.47. The van der Waals surface area contributed by atoms with Gasteiger partial charge in [0.15, 0.2) is 5.96 Å². The van der Waals surface area contributed by atoms with Crippen LogP contribution < -0.4 is 20.7 Å². The molecular weight excluding hydrogens is 352 g/mol. The number of carbonyl (C=O) groups excluding carboxylic acids is 1. The fraction of sp³-hybridized carbons (Fsp3) is 0.364. The highest BCUT2D eigenvalue weighted by Crippen LogP contribution is 2.25. The van der Waals surface area contributed by atoms with Gasteiger partial charge in [0.25, 0.3) is 5.91 Å². The molecule has 0 aliphatic carbocycles. The Labute approximate surface area is 167 Å². The molecule has 0 aromatic heterocycles. The second-order valence-electron chi connectivity index (χ2n) is 6.55. The summed E-state index contributed by atoms with van der Waals surface area (Å²) in [4.78, 5) is 16.0. The van der Waals surface area contributed by atoms with Crippen molar-refractivity contribution in [3.8, 4) is 5.75 Å². The van der Waals surface area contributed by atoms with E-state index in [1.54, 1.807) is 21.2 Å². The minimum atomic E-state index is -0.0717. The summed E-state index contributed by atoms with van der Waals surface area (Å²) in [5.74, 6) is 1.86. The number of hydrogen-bond acceptors (Lipinski definition) is 3. The second kappa shape index (κ2) is 11.0. The largest absolute Gasteiger partial charge is 0.496 e. The molecule has 0 aliphatic rings. The maximum Gasteiger partial charge on any atom is 0.251 e. The van der Waals surface area contributed by atoms with Gasteiger partial charge in [0.2, 0.25) is 0 Å². The number of methoxy groups -OCH3 is 1. The van der Waals surface area contributed by atoms with Gasteiger partial charge >= 0.3 is 0 Å². The third kappa shape index (κ3) is 6.01. The van der Waals surface area contributed by atoms with Gasteiger partial charge in [0.05, 0.1) is 7.11 Å². The molecular formula is C22H30N4O2. The molecule has 1 amide bonds. The first kappa shape index (κ1) is 21.3. The zero-order chi connectivity index (χ0) is 20.4. The van der Waals surface area contributed by atoms with Crippen molar-refractivity contribution in [3.63, 3.8) is 0 Å². The van der Waals surface area contributed by atoms with Gasteiger partial charge in [-0.15, -0.1) is 0 Å². The van der Waals surface area contributed by atoms with Crippen LogP contribution >= 0.6 is 0 Å². The van der Waals surface area contributed by atoms with Gasteiger partial charge in [-0.2, -0.15) is 0 Å². The van der Waals surface area contributed by atoms with Crippen molar-refractivity contribution in [2.45, 2.75) is 19.3 Å². The van der Waals surface area contributed by atoms with Crippen LogP contribution in [-0.2, 0) is 6.42 Å². The molecule has 2 rings (SSSR count). The molecule has 150 valence electrons. The Morgan fingerprint density at radius 1 is 1.14 bits per heavy atom. The second-order valence-corrected chi connectivity index (χ2v) is 6.55. The van der Waals surface area contributed by atoms with E-state index < -0.39 is 0 Å². The zero-order valence-electron chi connectivity index (χ0n) is 17.1. The van der Waals surface area contributed by atoms with Crippen LogP contribution in [0, 0.1) is 0 Å². The van der Waals surface area contributed by atoms with Crippen LogP contribution in [0.15, 0.2) is 53.5 Å². The molecule has 0 fully saturated rings. The van der Waals surface area contributed by atoms with E-state index in [0.29, 0.717) is 5.56 Å². The lowest BCUT2D eigenvalue weighted by Gasteiger charge is -2.18. The lowest BCUT2D eigenvalue weighted by Crippen LogP contribution is -2.40. The Balaban J connectivity index is 1.84. The van der Waals surface area contributed by atoms with Crippen LogP contribution in [0.1, 0.15) is 34.3 Å². The highest BCUT2D eigenvalue weighted by Gasteiger charge is 2.11. The Hall–Kier alpha value is -3.02. The number of benzene rings is 2. The van der Waals surface area contributed by atoms with Crippen molar-refractivity contribution in [3.05, 3.63) is 65.2 Å². The summed E-state index contributed by atoms with van der Waals surface area (Å²) in [6.45, 7) is 3.62. The van der Waals surface area contributed by atoms with Gasteiger partial charge < -0.3 is 20.7 Å². The zero-order valence-corrected chi connectivity index (χ0v) is 17.1. The fourth-order valence-corrected chi connectivity index (χ4v) is 2.99. The highest BCUT2D eigenvalue weighted by molar-refractivity contribution is 5.94. The first-order valence-electron chi connectivity index (χ1n) is 9.47. The van der Waals surface area contributed by atoms with Crippen LogP contribution in [-0.4, -0.2) is 46.2 Å². The average molecular weight is 383 g/mol. The molecule has 0 saturated carbocycles. The SMILES string of the molecule is CN=C(NCCc1cccc(C(=O)NC)c1)NCC(C)c1ccccc1OC. The van der Waals surface area contributed by atoms with Crippen LogP contribution in [0.4, 0.5) is 0 Å². The summed E-state index contributed by atoms with van der Waals surface area (Å²) in [5, 5.41) is 9.33. The van der Waals surface area contributed by atoms with Crippen molar-refractivity contribution in [2.75, 3.05) is 34.3 Å². The van der Waals surface area contributed by atoms with Crippen molar-refractivity contribution in [2.24, 2.45) is 4.99 Å². The smallest absolute Gasteiger partial charge is 0.251 e. The number of hydrogen-bond donors (Lipinski definition) is 3. The number of ether oxygens (including phenoxy) is 1. The Kier molecular flexibility index (Phi) is 8.34. The Morgan fingerprint density at radius 2 is 1.93 bits per heavy atom. The molecule has 28 heavy (non-hydrogen) atoms. The maximum atomic E-state index is 11.7. The van der Waals surface area contributed by atoms with Crippen molar-refractivity contribution >= 4 is 11.9 Å².